The Morgan fingerprint density at radius 2 is 2.18 bits per heavy atom. The molecule has 0 rings (SSSR count). The molecule has 2 atom stereocenters. The number of nitrogens with two attached hydrogens (primary N) is 1. The highest BCUT2D eigenvalue weighted by molar-refractivity contribution is 5.84. The van der Waals surface area contributed by atoms with E-state index in [1.54, 1.807) is 14.2 Å². The van der Waals surface area contributed by atoms with Crippen LogP contribution in [0.2, 0.25) is 0 Å². The number of amides is 1. The lowest BCUT2D eigenvalue weighted by molar-refractivity contribution is -0.123. The molecule has 5 nitrogen and oxygen atoms in total. The zero-order valence-electron chi connectivity index (χ0n) is 11.7. The van der Waals surface area contributed by atoms with E-state index in [2.05, 4.69) is 24.2 Å². The van der Waals surface area contributed by atoms with Crippen LogP contribution in [0.5, 0.6) is 0 Å². The van der Waals surface area contributed by atoms with E-state index in [0.717, 1.165) is 26.0 Å². The quantitative estimate of drug-likeness (QED) is 0.609. The lowest BCUT2D eigenvalue weighted by Crippen LogP contribution is -2.51. The van der Waals surface area contributed by atoms with Gasteiger partial charge in [-0.25, -0.2) is 0 Å². The van der Waals surface area contributed by atoms with E-state index in [0.29, 0.717) is 6.04 Å². The minimum atomic E-state index is -0.606. The van der Waals surface area contributed by atoms with Gasteiger partial charge in [0.25, 0.3) is 0 Å². The summed E-state index contributed by atoms with van der Waals surface area (Å²) in [4.78, 5) is 13.5. The second kappa shape index (κ2) is 7.63. The van der Waals surface area contributed by atoms with Crippen molar-refractivity contribution in [1.29, 1.82) is 0 Å². The van der Waals surface area contributed by atoms with Gasteiger partial charge >= 0.3 is 0 Å². The number of ether oxygens (including phenoxy) is 1. The van der Waals surface area contributed by atoms with Crippen molar-refractivity contribution in [3.8, 4) is 0 Å². The van der Waals surface area contributed by atoms with Gasteiger partial charge in [0.1, 0.15) is 0 Å². The molecule has 2 unspecified atom stereocenters. The molecule has 0 aromatic carbocycles. The number of methoxy groups -OCH3 is 1. The van der Waals surface area contributed by atoms with Gasteiger partial charge < -0.3 is 20.7 Å². The zero-order chi connectivity index (χ0) is 13.5. The van der Waals surface area contributed by atoms with Gasteiger partial charge in [0.15, 0.2) is 0 Å². The van der Waals surface area contributed by atoms with Crippen molar-refractivity contribution in [3.05, 3.63) is 0 Å². The molecular formula is C12H27N3O2. The summed E-state index contributed by atoms with van der Waals surface area (Å²) < 4.78 is 5.10. The molecule has 0 aliphatic heterocycles. The third-order valence-corrected chi connectivity index (χ3v) is 3.44. The fourth-order valence-electron chi connectivity index (χ4n) is 1.64. The summed E-state index contributed by atoms with van der Waals surface area (Å²) >= 11 is 0. The second-order valence-electron chi connectivity index (χ2n) is 4.83. The van der Waals surface area contributed by atoms with E-state index < -0.39 is 5.54 Å². The maximum absolute atomic E-state index is 11.3. The number of hydrogen-bond acceptors (Lipinski definition) is 4. The SMILES string of the molecule is CNC(C)(CCCN(C)C(C)COC)C(N)=O. The fourth-order valence-corrected chi connectivity index (χ4v) is 1.64. The van der Waals surface area contributed by atoms with Crippen LogP contribution >= 0.6 is 0 Å². The van der Waals surface area contributed by atoms with Gasteiger partial charge in [-0.1, -0.05) is 0 Å². The third-order valence-electron chi connectivity index (χ3n) is 3.44. The first kappa shape index (κ1) is 16.4. The van der Waals surface area contributed by atoms with Gasteiger partial charge in [-0.3, -0.25) is 4.79 Å². The molecule has 0 aliphatic carbocycles. The van der Waals surface area contributed by atoms with Crippen molar-refractivity contribution >= 4 is 5.91 Å². The topological polar surface area (TPSA) is 67.6 Å². The third kappa shape index (κ3) is 5.48. The van der Waals surface area contributed by atoms with Crippen LogP contribution < -0.4 is 11.1 Å². The molecule has 0 saturated carbocycles. The molecule has 0 aromatic heterocycles. The van der Waals surface area contributed by atoms with Gasteiger partial charge in [0.2, 0.25) is 5.91 Å². The Morgan fingerprint density at radius 1 is 1.59 bits per heavy atom. The van der Waals surface area contributed by atoms with Crippen molar-refractivity contribution in [2.75, 3.05) is 34.4 Å². The van der Waals surface area contributed by atoms with E-state index in [1.807, 2.05) is 6.92 Å². The number of nitrogens with zero attached hydrogens (tertiary/aromatic N) is 1. The van der Waals surface area contributed by atoms with Crippen LogP contribution in [0.15, 0.2) is 0 Å². The molecule has 0 heterocycles. The van der Waals surface area contributed by atoms with Crippen LogP contribution in [0.3, 0.4) is 0 Å². The number of likely N-dealkylation sites (N-methyl/N-ethyl adjacent to an activating group) is 2. The average Bonchev–Trinajstić information content (AvgIpc) is 2.28. The van der Waals surface area contributed by atoms with Crippen LogP contribution in [0, 0.1) is 0 Å². The summed E-state index contributed by atoms with van der Waals surface area (Å²) in [6.07, 6.45) is 1.66. The van der Waals surface area contributed by atoms with E-state index in [-0.39, 0.29) is 5.91 Å². The normalized spacial score (nSPS) is 16.8. The van der Waals surface area contributed by atoms with Gasteiger partial charge in [0.05, 0.1) is 12.1 Å². The molecule has 17 heavy (non-hydrogen) atoms. The molecule has 0 saturated heterocycles. The summed E-state index contributed by atoms with van der Waals surface area (Å²) in [5.74, 6) is -0.299. The summed E-state index contributed by atoms with van der Waals surface area (Å²) in [7, 11) is 5.53. The molecule has 1 amide bonds. The summed E-state index contributed by atoms with van der Waals surface area (Å²) in [6.45, 7) is 5.60. The highest BCUT2D eigenvalue weighted by Gasteiger charge is 2.28. The Kier molecular flexibility index (Phi) is 7.34. The van der Waals surface area contributed by atoms with E-state index >= 15 is 0 Å². The Hall–Kier alpha value is -0.650. The molecule has 3 N–H and O–H groups in total. The van der Waals surface area contributed by atoms with Crippen LogP contribution in [-0.2, 0) is 9.53 Å². The number of primary amides is 1. The highest BCUT2D eigenvalue weighted by Crippen LogP contribution is 2.12. The van der Waals surface area contributed by atoms with Gasteiger partial charge in [-0.2, -0.15) is 0 Å². The molecular weight excluding hydrogens is 218 g/mol. The van der Waals surface area contributed by atoms with Crippen molar-refractivity contribution in [1.82, 2.24) is 10.2 Å². The standard InChI is InChI=1S/C12H27N3O2/c1-10(9-17-5)15(4)8-6-7-12(2,14-3)11(13)16/h10,14H,6-9H2,1-5H3,(H2,13,16). The van der Waals surface area contributed by atoms with Crippen molar-refractivity contribution in [3.63, 3.8) is 0 Å². The van der Waals surface area contributed by atoms with Crippen molar-refractivity contribution in [2.24, 2.45) is 5.73 Å². The summed E-state index contributed by atoms with van der Waals surface area (Å²) in [6, 6.07) is 0.384. The number of nitrogens with one attached hydrogen (secondary N) is 1. The first-order chi connectivity index (χ1) is 7.87. The lowest BCUT2D eigenvalue weighted by atomic mass is 9.95. The van der Waals surface area contributed by atoms with Crippen LogP contribution in [0.4, 0.5) is 0 Å². The maximum Gasteiger partial charge on any atom is 0.237 e. The van der Waals surface area contributed by atoms with Crippen molar-refractivity contribution in [2.45, 2.75) is 38.3 Å². The van der Waals surface area contributed by atoms with Gasteiger partial charge in [-0.05, 0) is 47.3 Å². The Labute approximate surface area is 105 Å². The second-order valence-corrected chi connectivity index (χ2v) is 4.83. The Balaban J connectivity index is 4.01. The van der Waals surface area contributed by atoms with E-state index in [1.165, 1.54) is 0 Å². The predicted octanol–water partition coefficient (Wildman–Crippen LogP) is 0.197. The smallest absolute Gasteiger partial charge is 0.237 e. The molecule has 0 bridgehead atoms. The number of rotatable bonds is 9. The number of hydrogen-bond donors (Lipinski definition) is 2. The molecule has 0 aliphatic rings. The Morgan fingerprint density at radius 3 is 2.59 bits per heavy atom. The van der Waals surface area contributed by atoms with Gasteiger partial charge in [-0.15, -0.1) is 0 Å². The van der Waals surface area contributed by atoms with Crippen LogP contribution in [-0.4, -0.2) is 56.7 Å². The minimum Gasteiger partial charge on any atom is -0.383 e. The number of carbonyl (C=O) groups is 1. The predicted molar refractivity (Wildman–Crippen MR) is 69.9 cm³/mol. The maximum atomic E-state index is 11.3. The molecule has 0 radical (unpaired) electrons. The van der Waals surface area contributed by atoms with Crippen LogP contribution in [0.1, 0.15) is 26.7 Å². The Bertz CT molecular complexity index is 236. The molecule has 5 heteroatoms. The van der Waals surface area contributed by atoms with Crippen molar-refractivity contribution < 1.29 is 9.53 Å². The lowest BCUT2D eigenvalue weighted by Gasteiger charge is -2.28. The summed E-state index contributed by atoms with van der Waals surface area (Å²) in [5.41, 5.74) is 4.76. The molecule has 0 spiro atoms. The minimum absolute atomic E-state index is 0.299. The fraction of sp³-hybridized carbons (Fsp3) is 0.917. The largest absolute Gasteiger partial charge is 0.383 e. The van der Waals surface area contributed by atoms with Crippen LogP contribution in [0.25, 0.3) is 0 Å². The number of carbonyl (C=O) groups excluding carboxylic acids is 1. The average molecular weight is 245 g/mol. The molecule has 0 aromatic rings. The van der Waals surface area contributed by atoms with E-state index in [9.17, 15) is 4.79 Å². The first-order valence-corrected chi connectivity index (χ1v) is 6.05. The highest BCUT2D eigenvalue weighted by atomic mass is 16.5. The summed E-state index contributed by atoms with van der Waals surface area (Å²) in [5, 5.41) is 2.99. The zero-order valence-corrected chi connectivity index (χ0v) is 11.7. The monoisotopic (exact) mass is 245 g/mol. The van der Waals surface area contributed by atoms with E-state index in [4.69, 9.17) is 10.5 Å². The first-order valence-electron chi connectivity index (χ1n) is 6.05. The molecule has 0 fully saturated rings. The molecule has 102 valence electrons. The van der Waals surface area contributed by atoms with Gasteiger partial charge in [0, 0.05) is 13.2 Å².